The molecule has 122 valence electrons. The Morgan fingerprint density at radius 2 is 2.08 bits per heavy atom. The van der Waals surface area contributed by atoms with Crippen molar-refractivity contribution in [2.24, 2.45) is 0 Å². The van der Waals surface area contributed by atoms with Crippen LogP contribution in [0.3, 0.4) is 0 Å². The van der Waals surface area contributed by atoms with E-state index in [1.54, 1.807) is 40.9 Å². The first-order valence-electron chi connectivity index (χ1n) is 7.30. The maximum atomic E-state index is 13.8. The van der Waals surface area contributed by atoms with Crippen molar-refractivity contribution in [2.75, 3.05) is 11.9 Å². The largest absolute Gasteiger partial charge is 0.329 e. The van der Waals surface area contributed by atoms with Crippen molar-refractivity contribution in [3.05, 3.63) is 58.6 Å². The maximum absolute atomic E-state index is 13.8. The van der Waals surface area contributed by atoms with E-state index in [1.807, 2.05) is 6.07 Å². The molecule has 2 aromatic heterocycles. The van der Waals surface area contributed by atoms with E-state index < -0.39 is 0 Å². The molecule has 0 aliphatic heterocycles. The lowest BCUT2D eigenvalue weighted by Gasteiger charge is -2.21. The fraction of sp³-hybridized carbons (Fsp3) is 0.0588. The van der Waals surface area contributed by atoms with Crippen molar-refractivity contribution in [2.45, 2.75) is 0 Å². The van der Waals surface area contributed by atoms with Gasteiger partial charge in [0.2, 0.25) is 0 Å². The number of anilines is 2. The quantitative estimate of drug-likeness (QED) is 0.515. The average Bonchev–Trinajstić information content (AvgIpc) is 3.08. The lowest BCUT2D eigenvalue weighted by atomic mass is 10.1. The summed E-state index contributed by atoms with van der Waals surface area (Å²) in [7, 11) is 1.80. The Morgan fingerprint density at radius 1 is 1.24 bits per heavy atom. The second-order valence-electron chi connectivity index (χ2n) is 5.47. The fourth-order valence-electron chi connectivity index (χ4n) is 2.73. The predicted molar refractivity (Wildman–Crippen MR) is 95.2 cm³/mol. The Balaban J connectivity index is 2.01. The SMILES string of the molecule is CN(c1cc(F)cc(Br)c1)c1nc2nncn2c2cc(C#N)ccc12. The molecule has 0 bridgehead atoms. The van der Waals surface area contributed by atoms with Gasteiger partial charge in [0.1, 0.15) is 18.0 Å². The predicted octanol–water partition coefficient (Wildman–Crippen LogP) is 3.82. The van der Waals surface area contributed by atoms with Crippen LogP contribution in [0.15, 0.2) is 47.2 Å². The van der Waals surface area contributed by atoms with Gasteiger partial charge >= 0.3 is 0 Å². The van der Waals surface area contributed by atoms with Crippen molar-refractivity contribution in [3.8, 4) is 6.07 Å². The van der Waals surface area contributed by atoms with E-state index >= 15 is 0 Å². The lowest BCUT2D eigenvalue weighted by molar-refractivity contribution is 0.627. The number of rotatable bonds is 2. The summed E-state index contributed by atoms with van der Waals surface area (Å²) in [6.07, 6.45) is 1.55. The Labute approximate surface area is 150 Å². The van der Waals surface area contributed by atoms with Crippen LogP contribution in [-0.4, -0.2) is 26.6 Å². The molecule has 2 heterocycles. The van der Waals surface area contributed by atoms with Crippen molar-refractivity contribution in [1.82, 2.24) is 19.6 Å². The molecule has 0 amide bonds. The van der Waals surface area contributed by atoms with Crippen LogP contribution < -0.4 is 4.90 Å². The van der Waals surface area contributed by atoms with E-state index in [9.17, 15) is 9.65 Å². The van der Waals surface area contributed by atoms with Gasteiger partial charge in [-0.3, -0.25) is 4.40 Å². The molecule has 0 radical (unpaired) electrons. The fourth-order valence-corrected chi connectivity index (χ4v) is 3.18. The van der Waals surface area contributed by atoms with Gasteiger partial charge in [-0.05, 0) is 36.4 Å². The molecule has 0 fully saturated rings. The van der Waals surface area contributed by atoms with E-state index in [1.165, 1.54) is 12.1 Å². The molecule has 0 N–H and O–H groups in total. The summed E-state index contributed by atoms with van der Waals surface area (Å²) in [4.78, 5) is 6.32. The van der Waals surface area contributed by atoms with Crippen LogP contribution in [0.4, 0.5) is 15.9 Å². The monoisotopic (exact) mass is 396 g/mol. The molecule has 2 aromatic carbocycles. The first-order chi connectivity index (χ1) is 12.1. The molecule has 0 saturated heterocycles. The van der Waals surface area contributed by atoms with Crippen LogP contribution in [0.5, 0.6) is 0 Å². The number of aromatic nitrogens is 4. The van der Waals surface area contributed by atoms with Gasteiger partial charge in [0, 0.05) is 22.6 Å². The minimum absolute atomic E-state index is 0.351. The maximum Gasteiger partial charge on any atom is 0.257 e. The molecule has 0 saturated carbocycles. The van der Waals surface area contributed by atoms with Gasteiger partial charge in [-0.1, -0.05) is 15.9 Å². The molecule has 4 aromatic rings. The highest BCUT2D eigenvalue weighted by Crippen LogP contribution is 2.32. The highest BCUT2D eigenvalue weighted by molar-refractivity contribution is 9.10. The number of fused-ring (bicyclic) bond motifs is 3. The molecule has 6 nitrogen and oxygen atoms in total. The van der Waals surface area contributed by atoms with Gasteiger partial charge in [0.25, 0.3) is 5.78 Å². The highest BCUT2D eigenvalue weighted by Gasteiger charge is 2.16. The van der Waals surface area contributed by atoms with Gasteiger partial charge < -0.3 is 4.90 Å². The normalized spacial score (nSPS) is 11.0. The van der Waals surface area contributed by atoms with Crippen LogP contribution in [0.2, 0.25) is 0 Å². The zero-order valence-electron chi connectivity index (χ0n) is 13.0. The van der Waals surface area contributed by atoms with Gasteiger partial charge in [0.05, 0.1) is 17.1 Å². The van der Waals surface area contributed by atoms with E-state index in [4.69, 9.17) is 0 Å². The molecule has 0 unspecified atom stereocenters. The van der Waals surface area contributed by atoms with Gasteiger partial charge in [-0.2, -0.15) is 10.2 Å². The number of nitriles is 1. The van der Waals surface area contributed by atoms with Gasteiger partial charge in [-0.15, -0.1) is 10.2 Å². The number of nitrogens with zero attached hydrogens (tertiary/aromatic N) is 6. The number of benzene rings is 2. The van der Waals surface area contributed by atoms with E-state index in [0.29, 0.717) is 27.3 Å². The van der Waals surface area contributed by atoms with Crippen molar-refractivity contribution < 1.29 is 4.39 Å². The molecule has 0 aliphatic rings. The summed E-state index contributed by atoms with van der Waals surface area (Å²) in [6.45, 7) is 0. The van der Waals surface area contributed by atoms with Crippen molar-refractivity contribution >= 4 is 44.1 Å². The first kappa shape index (κ1) is 15.5. The molecule has 25 heavy (non-hydrogen) atoms. The summed E-state index contributed by atoms with van der Waals surface area (Å²) in [5.41, 5.74) is 1.91. The average molecular weight is 397 g/mol. The summed E-state index contributed by atoms with van der Waals surface area (Å²) in [5, 5.41) is 17.9. The molecule has 0 atom stereocenters. The second-order valence-corrected chi connectivity index (χ2v) is 6.38. The minimum Gasteiger partial charge on any atom is -0.329 e. The van der Waals surface area contributed by atoms with Crippen molar-refractivity contribution in [3.63, 3.8) is 0 Å². The summed E-state index contributed by atoms with van der Waals surface area (Å²) >= 11 is 3.31. The van der Waals surface area contributed by atoms with Crippen LogP contribution in [0.1, 0.15) is 5.56 Å². The Morgan fingerprint density at radius 3 is 2.84 bits per heavy atom. The first-order valence-corrected chi connectivity index (χ1v) is 8.09. The second kappa shape index (κ2) is 5.79. The van der Waals surface area contributed by atoms with Crippen LogP contribution in [-0.2, 0) is 0 Å². The topological polar surface area (TPSA) is 70.1 Å². The van der Waals surface area contributed by atoms with E-state index in [2.05, 4.69) is 37.2 Å². The zero-order chi connectivity index (χ0) is 17.6. The minimum atomic E-state index is -0.351. The molecule has 8 heteroatoms. The number of hydrogen-bond acceptors (Lipinski definition) is 5. The molecule has 0 aliphatic carbocycles. The third-order valence-electron chi connectivity index (χ3n) is 3.92. The third-order valence-corrected chi connectivity index (χ3v) is 4.37. The standard InChI is InChI=1S/C17H10BrFN6/c1-24(13-6-11(18)5-12(19)7-13)16-14-3-2-10(8-20)4-15(14)25-9-21-23-17(25)22-16/h2-7,9H,1H3. The molecule has 0 spiro atoms. The Kier molecular flexibility index (Phi) is 3.58. The van der Waals surface area contributed by atoms with Crippen LogP contribution >= 0.6 is 15.9 Å². The third kappa shape index (κ3) is 2.58. The highest BCUT2D eigenvalue weighted by atomic mass is 79.9. The molecular formula is C17H10BrFN6. The zero-order valence-corrected chi connectivity index (χ0v) is 14.6. The van der Waals surface area contributed by atoms with E-state index in [-0.39, 0.29) is 5.82 Å². The summed E-state index contributed by atoms with van der Waals surface area (Å²) < 4.78 is 16.1. The van der Waals surface area contributed by atoms with Crippen molar-refractivity contribution in [1.29, 1.82) is 5.26 Å². The molecule has 4 rings (SSSR count). The Hall–Kier alpha value is -3.05. The number of halogens is 2. The summed E-state index contributed by atoms with van der Waals surface area (Å²) in [5.74, 6) is 0.647. The summed E-state index contributed by atoms with van der Waals surface area (Å²) in [6, 6.07) is 12.0. The smallest absolute Gasteiger partial charge is 0.257 e. The van der Waals surface area contributed by atoms with Crippen LogP contribution in [0.25, 0.3) is 16.7 Å². The van der Waals surface area contributed by atoms with E-state index in [0.717, 1.165) is 10.9 Å². The van der Waals surface area contributed by atoms with Gasteiger partial charge in [0.15, 0.2) is 0 Å². The van der Waals surface area contributed by atoms with Gasteiger partial charge in [-0.25, -0.2) is 4.39 Å². The Bertz CT molecular complexity index is 1140. The van der Waals surface area contributed by atoms with Crippen LogP contribution in [0, 0.1) is 17.1 Å². The number of hydrogen-bond donors (Lipinski definition) is 0. The lowest BCUT2D eigenvalue weighted by Crippen LogP contribution is -2.13. The molecular weight excluding hydrogens is 387 g/mol.